The van der Waals surface area contributed by atoms with Gasteiger partial charge in [-0.15, -0.1) is 0 Å². The van der Waals surface area contributed by atoms with Crippen molar-refractivity contribution in [1.82, 2.24) is 4.98 Å². The van der Waals surface area contributed by atoms with Crippen molar-refractivity contribution in [3.63, 3.8) is 0 Å². The summed E-state index contributed by atoms with van der Waals surface area (Å²) in [4.78, 5) is 3.22. The quantitative estimate of drug-likeness (QED) is 0.632. The van der Waals surface area contributed by atoms with Crippen LogP contribution in [0.15, 0.2) is 42.5 Å². The molecule has 2 aromatic carbocycles. The molecule has 18 heavy (non-hydrogen) atoms. The second-order valence-corrected chi connectivity index (χ2v) is 4.56. The molecule has 0 saturated heterocycles. The fourth-order valence-corrected chi connectivity index (χ4v) is 2.09. The molecule has 0 saturated carbocycles. The fourth-order valence-electron chi connectivity index (χ4n) is 1.97. The van der Waals surface area contributed by atoms with Crippen molar-refractivity contribution in [2.24, 2.45) is 0 Å². The Morgan fingerprint density at radius 2 is 1.89 bits per heavy atom. The molecule has 90 valence electrons. The molecule has 0 fully saturated rings. The normalized spacial score (nSPS) is 11.0. The van der Waals surface area contributed by atoms with Gasteiger partial charge in [0.15, 0.2) is 0 Å². The van der Waals surface area contributed by atoms with E-state index in [9.17, 15) is 4.39 Å². The average molecular weight is 261 g/mol. The highest BCUT2D eigenvalue weighted by Crippen LogP contribution is 2.28. The second-order valence-electron chi connectivity index (χ2n) is 4.15. The smallest absolute Gasteiger partial charge is 0.123 e. The zero-order chi connectivity index (χ0) is 12.7. The Morgan fingerprint density at radius 1 is 1.06 bits per heavy atom. The molecular formula is C14H10ClFN2. The van der Waals surface area contributed by atoms with Crippen molar-refractivity contribution < 1.29 is 4.39 Å². The summed E-state index contributed by atoms with van der Waals surface area (Å²) in [5.41, 5.74) is 9.00. The standard InChI is InChI=1S/C14H10ClFN2/c15-11-3-1-8(6-12(11)17)14-7-9-5-10(16)2-4-13(9)18-14/h1-7,18H,17H2. The maximum atomic E-state index is 13.1. The van der Waals surface area contributed by atoms with Crippen LogP contribution in [-0.2, 0) is 0 Å². The summed E-state index contributed by atoms with van der Waals surface area (Å²) in [6.45, 7) is 0. The number of aromatic nitrogens is 1. The van der Waals surface area contributed by atoms with Gasteiger partial charge in [-0.05, 0) is 36.4 Å². The van der Waals surface area contributed by atoms with E-state index in [0.717, 1.165) is 22.2 Å². The minimum atomic E-state index is -0.247. The van der Waals surface area contributed by atoms with Crippen LogP contribution in [0.25, 0.3) is 22.2 Å². The van der Waals surface area contributed by atoms with Gasteiger partial charge in [0.1, 0.15) is 5.82 Å². The predicted molar refractivity (Wildman–Crippen MR) is 73.1 cm³/mol. The van der Waals surface area contributed by atoms with E-state index in [1.165, 1.54) is 12.1 Å². The van der Waals surface area contributed by atoms with E-state index in [1.807, 2.05) is 12.1 Å². The second kappa shape index (κ2) is 4.03. The third kappa shape index (κ3) is 1.83. The SMILES string of the molecule is Nc1cc(-c2cc3cc(F)ccc3[nH]2)ccc1Cl. The van der Waals surface area contributed by atoms with Gasteiger partial charge in [0.05, 0.1) is 10.7 Å². The monoisotopic (exact) mass is 260 g/mol. The van der Waals surface area contributed by atoms with E-state index in [4.69, 9.17) is 17.3 Å². The summed E-state index contributed by atoms with van der Waals surface area (Å²) in [6.07, 6.45) is 0. The maximum Gasteiger partial charge on any atom is 0.123 e. The zero-order valence-electron chi connectivity index (χ0n) is 9.37. The van der Waals surface area contributed by atoms with E-state index in [-0.39, 0.29) is 5.82 Å². The van der Waals surface area contributed by atoms with Gasteiger partial charge in [-0.1, -0.05) is 17.7 Å². The lowest BCUT2D eigenvalue weighted by molar-refractivity contribution is 0.630. The predicted octanol–water partition coefficient (Wildman–Crippen LogP) is 4.21. The number of nitrogens with one attached hydrogen (secondary N) is 1. The minimum Gasteiger partial charge on any atom is -0.398 e. The van der Waals surface area contributed by atoms with Crippen LogP contribution < -0.4 is 5.73 Å². The third-order valence-electron chi connectivity index (χ3n) is 2.89. The number of nitrogens with two attached hydrogens (primary N) is 1. The van der Waals surface area contributed by atoms with Crippen LogP contribution in [-0.4, -0.2) is 4.98 Å². The maximum absolute atomic E-state index is 13.1. The number of nitrogen functional groups attached to an aromatic ring is 1. The summed E-state index contributed by atoms with van der Waals surface area (Å²) >= 11 is 5.88. The van der Waals surface area contributed by atoms with Crippen LogP contribution in [0.3, 0.4) is 0 Å². The number of aromatic amines is 1. The van der Waals surface area contributed by atoms with Crippen molar-refractivity contribution >= 4 is 28.2 Å². The molecule has 3 rings (SSSR count). The van der Waals surface area contributed by atoms with E-state index in [2.05, 4.69) is 4.98 Å². The molecule has 0 aliphatic rings. The van der Waals surface area contributed by atoms with Gasteiger partial charge in [0.2, 0.25) is 0 Å². The molecule has 0 unspecified atom stereocenters. The van der Waals surface area contributed by atoms with Crippen molar-refractivity contribution in [2.45, 2.75) is 0 Å². The first-order valence-electron chi connectivity index (χ1n) is 5.47. The Morgan fingerprint density at radius 3 is 2.67 bits per heavy atom. The largest absolute Gasteiger partial charge is 0.398 e. The fraction of sp³-hybridized carbons (Fsp3) is 0. The van der Waals surface area contributed by atoms with Gasteiger partial charge >= 0.3 is 0 Å². The van der Waals surface area contributed by atoms with Crippen LogP contribution in [0.1, 0.15) is 0 Å². The Balaban J connectivity index is 2.16. The Hall–Kier alpha value is -2.00. The number of benzene rings is 2. The summed E-state index contributed by atoms with van der Waals surface area (Å²) < 4.78 is 13.1. The molecule has 0 aliphatic heterocycles. The lowest BCUT2D eigenvalue weighted by Crippen LogP contribution is -1.87. The third-order valence-corrected chi connectivity index (χ3v) is 3.23. The van der Waals surface area contributed by atoms with E-state index in [0.29, 0.717) is 10.7 Å². The number of halogens is 2. The van der Waals surface area contributed by atoms with E-state index < -0.39 is 0 Å². The van der Waals surface area contributed by atoms with Crippen LogP contribution in [0.5, 0.6) is 0 Å². The van der Waals surface area contributed by atoms with Crippen molar-refractivity contribution in [1.29, 1.82) is 0 Å². The number of H-pyrrole nitrogens is 1. The first-order valence-corrected chi connectivity index (χ1v) is 5.85. The Bertz CT molecular complexity index is 734. The Labute approximate surface area is 108 Å². The molecule has 1 heterocycles. The molecule has 0 aliphatic carbocycles. The van der Waals surface area contributed by atoms with E-state index >= 15 is 0 Å². The first kappa shape index (κ1) is 11.1. The molecule has 3 N–H and O–H groups in total. The van der Waals surface area contributed by atoms with Crippen molar-refractivity contribution in [3.05, 3.63) is 53.3 Å². The van der Waals surface area contributed by atoms with Crippen LogP contribution in [0.4, 0.5) is 10.1 Å². The molecule has 0 amide bonds. The zero-order valence-corrected chi connectivity index (χ0v) is 10.1. The molecular weight excluding hydrogens is 251 g/mol. The van der Waals surface area contributed by atoms with Crippen molar-refractivity contribution in [3.8, 4) is 11.3 Å². The molecule has 2 nitrogen and oxygen atoms in total. The lowest BCUT2D eigenvalue weighted by Gasteiger charge is -2.01. The summed E-state index contributed by atoms with van der Waals surface area (Å²) in [5.74, 6) is -0.247. The molecule has 3 aromatic rings. The number of hydrogen-bond acceptors (Lipinski definition) is 1. The molecule has 0 radical (unpaired) electrons. The molecule has 0 atom stereocenters. The molecule has 4 heteroatoms. The summed E-state index contributed by atoms with van der Waals surface area (Å²) in [5, 5.41) is 1.36. The van der Waals surface area contributed by atoms with Crippen LogP contribution in [0, 0.1) is 5.82 Å². The van der Waals surface area contributed by atoms with E-state index in [1.54, 1.807) is 18.2 Å². The number of hydrogen-bond donors (Lipinski definition) is 2. The van der Waals surface area contributed by atoms with Gasteiger partial charge in [0.25, 0.3) is 0 Å². The van der Waals surface area contributed by atoms with Gasteiger partial charge in [0, 0.05) is 22.2 Å². The van der Waals surface area contributed by atoms with Gasteiger partial charge in [-0.2, -0.15) is 0 Å². The number of fused-ring (bicyclic) bond motifs is 1. The Kier molecular flexibility index (Phi) is 2.49. The van der Waals surface area contributed by atoms with Gasteiger partial charge in [-0.25, -0.2) is 4.39 Å². The van der Waals surface area contributed by atoms with Gasteiger partial charge in [-0.3, -0.25) is 0 Å². The minimum absolute atomic E-state index is 0.247. The summed E-state index contributed by atoms with van der Waals surface area (Å²) in [6, 6.07) is 11.9. The van der Waals surface area contributed by atoms with Crippen LogP contribution >= 0.6 is 11.6 Å². The van der Waals surface area contributed by atoms with Gasteiger partial charge < -0.3 is 10.7 Å². The highest BCUT2D eigenvalue weighted by atomic mass is 35.5. The highest BCUT2D eigenvalue weighted by Gasteiger charge is 2.06. The number of rotatable bonds is 1. The number of anilines is 1. The van der Waals surface area contributed by atoms with Crippen molar-refractivity contribution in [2.75, 3.05) is 5.73 Å². The lowest BCUT2D eigenvalue weighted by atomic mass is 10.1. The topological polar surface area (TPSA) is 41.8 Å². The highest BCUT2D eigenvalue weighted by molar-refractivity contribution is 6.33. The summed E-state index contributed by atoms with van der Waals surface area (Å²) in [7, 11) is 0. The molecule has 0 bridgehead atoms. The average Bonchev–Trinajstić information content (AvgIpc) is 2.75. The van der Waals surface area contributed by atoms with Crippen LogP contribution in [0.2, 0.25) is 5.02 Å². The molecule has 0 spiro atoms. The first-order chi connectivity index (χ1) is 8.63. The molecule has 1 aromatic heterocycles.